The molecule has 0 aliphatic heterocycles. The molecule has 4 heteroatoms. The summed E-state index contributed by atoms with van der Waals surface area (Å²) in [6, 6.07) is 7.83. The Kier molecular flexibility index (Phi) is 6.56. The van der Waals surface area contributed by atoms with Crippen molar-refractivity contribution in [1.29, 1.82) is 0 Å². The van der Waals surface area contributed by atoms with Crippen LogP contribution in [0.1, 0.15) is 5.56 Å². The summed E-state index contributed by atoms with van der Waals surface area (Å²) in [6.45, 7) is 2.70. The third-order valence-electron chi connectivity index (χ3n) is 2.07. The number of hydrogen-bond donors (Lipinski definition) is 2. The number of hydrogen-bond acceptors (Lipinski definition) is 4. The first-order chi connectivity index (χ1) is 7.86. The average molecular weight is 225 g/mol. The molecule has 1 aromatic carbocycles. The molecule has 0 radical (unpaired) electrons. The number of methoxy groups -OCH3 is 1. The lowest BCUT2D eigenvalue weighted by Crippen LogP contribution is -2.18. The van der Waals surface area contributed by atoms with Crippen molar-refractivity contribution in [3.63, 3.8) is 0 Å². The second-order valence-electron chi connectivity index (χ2n) is 3.39. The zero-order valence-corrected chi connectivity index (χ0v) is 9.61. The van der Waals surface area contributed by atoms with Crippen molar-refractivity contribution in [3.8, 4) is 5.75 Å². The largest absolute Gasteiger partial charge is 0.491 e. The van der Waals surface area contributed by atoms with E-state index in [2.05, 4.69) is 5.32 Å². The molecule has 90 valence electrons. The van der Waals surface area contributed by atoms with Gasteiger partial charge in [0.15, 0.2) is 0 Å². The van der Waals surface area contributed by atoms with Crippen LogP contribution in [0.4, 0.5) is 0 Å². The summed E-state index contributed by atoms with van der Waals surface area (Å²) in [4.78, 5) is 0. The van der Waals surface area contributed by atoms with Crippen molar-refractivity contribution in [2.24, 2.45) is 0 Å². The van der Waals surface area contributed by atoms with E-state index in [9.17, 15) is 0 Å². The molecular weight excluding hydrogens is 206 g/mol. The van der Waals surface area contributed by atoms with Crippen LogP contribution in [-0.4, -0.2) is 38.6 Å². The Bertz CT molecular complexity index is 291. The fraction of sp³-hybridized carbons (Fsp3) is 0.500. The van der Waals surface area contributed by atoms with E-state index >= 15 is 0 Å². The summed E-state index contributed by atoms with van der Waals surface area (Å²) in [5.41, 5.74) is 1.16. The van der Waals surface area contributed by atoms with Crippen LogP contribution in [0.2, 0.25) is 0 Å². The molecule has 0 aromatic heterocycles. The molecule has 0 bridgehead atoms. The van der Waals surface area contributed by atoms with Crippen LogP contribution in [0.5, 0.6) is 5.75 Å². The molecule has 0 aliphatic rings. The Hall–Kier alpha value is -1.10. The first-order valence-corrected chi connectivity index (χ1v) is 5.39. The standard InChI is InChI=1S/C12H19NO3/c1-15-7-5-13-10-11-3-2-4-12(9-11)16-8-6-14/h2-4,9,13-14H,5-8,10H2,1H3. The molecule has 0 spiro atoms. The van der Waals surface area contributed by atoms with Crippen LogP contribution in [0.25, 0.3) is 0 Å². The maximum absolute atomic E-state index is 8.65. The minimum absolute atomic E-state index is 0.0380. The Morgan fingerprint density at radius 3 is 2.94 bits per heavy atom. The summed E-state index contributed by atoms with van der Waals surface area (Å²) < 4.78 is 10.3. The van der Waals surface area contributed by atoms with E-state index in [1.807, 2.05) is 24.3 Å². The van der Waals surface area contributed by atoms with Gasteiger partial charge in [-0.1, -0.05) is 12.1 Å². The Morgan fingerprint density at radius 1 is 1.31 bits per heavy atom. The fourth-order valence-electron chi connectivity index (χ4n) is 1.32. The Morgan fingerprint density at radius 2 is 2.19 bits per heavy atom. The summed E-state index contributed by atoms with van der Waals surface area (Å²) in [5.74, 6) is 0.792. The van der Waals surface area contributed by atoms with E-state index in [1.165, 1.54) is 0 Å². The maximum atomic E-state index is 8.65. The summed E-state index contributed by atoms with van der Waals surface area (Å²) >= 11 is 0. The van der Waals surface area contributed by atoms with Gasteiger partial charge in [0.25, 0.3) is 0 Å². The Labute approximate surface area is 96.2 Å². The van der Waals surface area contributed by atoms with E-state index in [0.29, 0.717) is 13.2 Å². The number of aliphatic hydroxyl groups is 1. The van der Waals surface area contributed by atoms with Gasteiger partial charge in [0.05, 0.1) is 13.2 Å². The van der Waals surface area contributed by atoms with Crippen molar-refractivity contribution in [2.45, 2.75) is 6.54 Å². The molecular formula is C12H19NO3. The minimum atomic E-state index is 0.0380. The van der Waals surface area contributed by atoms with Crippen LogP contribution in [0.3, 0.4) is 0 Å². The molecule has 0 amide bonds. The highest BCUT2D eigenvalue weighted by Crippen LogP contribution is 2.12. The van der Waals surface area contributed by atoms with E-state index in [-0.39, 0.29) is 6.61 Å². The van der Waals surface area contributed by atoms with E-state index in [1.54, 1.807) is 7.11 Å². The molecule has 16 heavy (non-hydrogen) atoms. The molecule has 0 atom stereocenters. The quantitative estimate of drug-likeness (QED) is 0.642. The molecule has 0 unspecified atom stereocenters. The van der Waals surface area contributed by atoms with E-state index in [4.69, 9.17) is 14.6 Å². The van der Waals surface area contributed by atoms with Crippen molar-refractivity contribution < 1.29 is 14.6 Å². The van der Waals surface area contributed by atoms with Crippen LogP contribution in [0.15, 0.2) is 24.3 Å². The van der Waals surface area contributed by atoms with Gasteiger partial charge in [0, 0.05) is 20.2 Å². The molecule has 0 fully saturated rings. The summed E-state index contributed by atoms with van der Waals surface area (Å²) in [7, 11) is 1.69. The van der Waals surface area contributed by atoms with Gasteiger partial charge in [0.1, 0.15) is 12.4 Å². The number of rotatable bonds is 8. The van der Waals surface area contributed by atoms with Crippen molar-refractivity contribution >= 4 is 0 Å². The average Bonchev–Trinajstić information content (AvgIpc) is 2.33. The van der Waals surface area contributed by atoms with Gasteiger partial charge < -0.3 is 19.9 Å². The fourth-order valence-corrected chi connectivity index (χ4v) is 1.32. The lowest BCUT2D eigenvalue weighted by atomic mass is 10.2. The number of aliphatic hydroxyl groups excluding tert-OH is 1. The number of ether oxygens (including phenoxy) is 2. The molecule has 0 aliphatic carbocycles. The van der Waals surface area contributed by atoms with Gasteiger partial charge in [-0.25, -0.2) is 0 Å². The molecule has 1 rings (SSSR count). The van der Waals surface area contributed by atoms with Crippen molar-refractivity contribution in [3.05, 3.63) is 29.8 Å². The van der Waals surface area contributed by atoms with Crippen LogP contribution < -0.4 is 10.1 Å². The van der Waals surface area contributed by atoms with Crippen molar-refractivity contribution in [1.82, 2.24) is 5.32 Å². The lowest BCUT2D eigenvalue weighted by Gasteiger charge is -2.07. The zero-order chi connectivity index (χ0) is 11.6. The SMILES string of the molecule is COCCNCc1cccc(OCCO)c1. The topological polar surface area (TPSA) is 50.7 Å². The smallest absolute Gasteiger partial charge is 0.119 e. The third kappa shape index (κ3) is 5.11. The molecule has 1 aromatic rings. The molecule has 0 saturated carbocycles. The monoisotopic (exact) mass is 225 g/mol. The Balaban J connectivity index is 2.35. The highest BCUT2D eigenvalue weighted by molar-refractivity contribution is 5.28. The number of benzene rings is 1. The predicted octanol–water partition coefficient (Wildman–Crippen LogP) is 0.794. The lowest BCUT2D eigenvalue weighted by molar-refractivity contribution is 0.198. The van der Waals surface area contributed by atoms with Crippen LogP contribution in [0, 0.1) is 0 Å². The number of nitrogens with one attached hydrogen (secondary N) is 1. The second kappa shape index (κ2) is 8.10. The van der Waals surface area contributed by atoms with Gasteiger partial charge in [-0.2, -0.15) is 0 Å². The van der Waals surface area contributed by atoms with Gasteiger partial charge in [-0.05, 0) is 17.7 Å². The van der Waals surface area contributed by atoms with Crippen molar-refractivity contribution in [2.75, 3.05) is 33.5 Å². The van der Waals surface area contributed by atoms with Gasteiger partial charge in [-0.15, -0.1) is 0 Å². The summed E-state index contributed by atoms with van der Waals surface area (Å²) in [6.07, 6.45) is 0. The van der Waals surface area contributed by atoms with E-state index in [0.717, 1.165) is 24.4 Å². The van der Waals surface area contributed by atoms with Gasteiger partial charge >= 0.3 is 0 Å². The zero-order valence-electron chi connectivity index (χ0n) is 9.61. The minimum Gasteiger partial charge on any atom is -0.491 e. The third-order valence-corrected chi connectivity index (χ3v) is 2.07. The predicted molar refractivity (Wildman–Crippen MR) is 62.6 cm³/mol. The first kappa shape index (κ1) is 13.0. The molecule has 4 nitrogen and oxygen atoms in total. The van der Waals surface area contributed by atoms with Crippen LogP contribution >= 0.6 is 0 Å². The summed E-state index contributed by atoms with van der Waals surface area (Å²) in [5, 5.41) is 11.9. The molecule has 0 saturated heterocycles. The highest BCUT2D eigenvalue weighted by Gasteiger charge is 1.96. The maximum Gasteiger partial charge on any atom is 0.119 e. The molecule has 2 N–H and O–H groups in total. The van der Waals surface area contributed by atoms with E-state index < -0.39 is 0 Å². The normalized spacial score (nSPS) is 10.4. The second-order valence-corrected chi connectivity index (χ2v) is 3.39. The highest BCUT2D eigenvalue weighted by atomic mass is 16.5. The van der Waals surface area contributed by atoms with Gasteiger partial charge in [0.2, 0.25) is 0 Å². The first-order valence-electron chi connectivity index (χ1n) is 5.39. The van der Waals surface area contributed by atoms with Gasteiger partial charge in [-0.3, -0.25) is 0 Å². The van der Waals surface area contributed by atoms with Crippen LogP contribution in [-0.2, 0) is 11.3 Å². The molecule has 0 heterocycles.